The van der Waals surface area contributed by atoms with Gasteiger partial charge in [0.25, 0.3) is 0 Å². The molecule has 100 valence electrons. The molecule has 2 N–H and O–H groups in total. The average Bonchev–Trinajstić information content (AvgIpc) is 2.31. The van der Waals surface area contributed by atoms with E-state index in [-0.39, 0.29) is 12.8 Å². The first-order valence-electron chi connectivity index (χ1n) is 6.15. The monoisotopic (exact) mass is 252 g/mol. The molecule has 1 aliphatic carbocycles. The molecule has 0 aromatic carbocycles. The van der Waals surface area contributed by atoms with E-state index < -0.39 is 22.8 Å². The van der Waals surface area contributed by atoms with Crippen LogP contribution in [0.2, 0.25) is 0 Å². The van der Waals surface area contributed by atoms with Crippen LogP contribution in [0.3, 0.4) is 0 Å². The number of allylic oxidation sites excluding steroid dienone is 2. The molecular formula is C14H20O4. The molecule has 0 saturated heterocycles. The quantitative estimate of drug-likeness (QED) is 0.713. The van der Waals surface area contributed by atoms with Crippen LogP contribution in [0.5, 0.6) is 0 Å². The van der Waals surface area contributed by atoms with Gasteiger partial charge in [-0.2, -0.15) is 0 Å². The van der Waals surface area contributed by atoms with Crippen LogP contribution in [0.25, 0.3) is 0 Å². The molecule has 0 unspecified atom stereocenters. The fourth-order valence-corrected chi connectivity index (χ4v) is 3.22. The average molecular weight is 252 g/mol. The summed E-state index contributed by atoms with van der Waals surface area (Å²) in [6, 6.07) is 0. The molecule has 0 radical (unpaired) electrons. The van der Waals surface area contributed by atoms with Crippen molar-refractivity contribution in [2.45, 2.75) is 38.5 Å². The lowest BCUT2D eigenvalue weighted by molar-refractivity contribution is -0.179. The smallest absolute Gasteiger partial charge is 0.311 e. The second kappa shape index (κ2) is 5.38. The third kappa shape index (κ3) is 1.96. The molecule has 2 atom stereocenters. The van der Waals surface area contributed by atoms with Gasteiger partial charge in [-0.3, -0.25) is 9.59 Å². The zero-order valence-corrected chi connectivity index (χ0v) is 10.5. The van der Waals surface area contributed by atoms with Gasteiger partial charge in [0.15, 0.2) is 0 Å². The first-order chi connectivity index (χ1) is 8.47. The van der Waals surface area contributed by atoms with Crippen LogP contribution in [-0.2, 0) is 9.59 Å². The van der Waals surface area contributed by atoms with E-state index in [4.69, 9.17) is 0 Å². The minimum absolute atomic E-state index is 0.183. The molecule has 4 nitrogen and oxygen atoms in total. The van der Waals surface area contributed by atoms with Crippen molar-refractivity contribution in [1.29, 1.82) is 0 Å². The Hall–Kier alpha value is -1.58. The van der Waals surface area contributed by atoms with Gasteiger partial charge in [0.05, 0.1) is 10.8 Å². The summed E-state index contributed by atoms with van der Waals surface area (Å²) in [5.74, 6) is -2.07. The van der Waals surface area contributed by atoms with Gasteiger partial charge in [0.2, 0.25) is 0 Å². The molecular weight excluding hydrogens is 232 g/mol. The summed E-state index contributed by atoms with van der Waals surface area (Å²) in [5, 5.41) is 19.2. The maximum Gasteiger partial charge on any atom is 0.311 e. The highest BCUT2D eigenvalue weighted by Crippen LogP contribution is 2.55. The number of carbonyl (C=O) groups is 2. The topological polar surface area (TPSA) is 74.6 Å². The highest BCUT2D eigenvalue weighted by atomic mass is 16.4. The van der Waals surface area contributed by atoms with Crippen LogP contribution >= 0.6 is 0 Å². The predicted molar refractivity (Wildman–Crippen MR) is 68.2 cm³/mol. The van der Waals surface area contributed by atoms with E-state index in [1.165, 1.54) is 12.2 Å². The molecule has 1 fully saturated rings. The lowest BCUT2D eigenvalue weighted by Gasteiger charge is -2.47. The molecule has 4 heteroatoms. The van der Waals surface area contributed by atoms with Gasteiger partial charge in [0.1, 0.15) is 0 Å². The number of aliphatic carboxylic acids is 2. The molecule has 18 heavy (non-hydrogen) atoms. The summed E-state index contributed by atoms with van der Waals surface area (Å²) in [7, 11) is 0. The number of hydrogen-bond donors (Lipinski definition) is 2. The lowest BCUT2D eigenvalue weighted by atomic mass is 9.53. The summed E-state index contributed by atoms with van der Waals surface area (Å²) < 4.78 is 0. The van der Waals surface area contributed by atoms with Crippen LogP contribution in [0.15, 0.2) is 25.3 Å². The SMILES string of the molecule is C=CC[C@@]1(C(=O)O)CCCC[C@@]1(CC=C)C(=O)O. The van der Waals surface area contributed by atoms with E-state index in [0.717, 1.165) is 12.8 Å². The first kappa shape index (κ1) is 14.5. The van der Waals surface area contributed by atoms with Crippen molar-refractivity contribution in [3.8, 4) is 0 Å². The fraction of sp³-hybridized carbons (Fsp3) is 0.571. The summed E-state index contributed by atoms with van der Waals surface area (Å²) in [6.07, 6.45) is 5.65. The molecule has 0 bridgehead atoms. The van der Waals surface area contributed by atoms with E-state index in [1.54, 1.807) is 0 Å². The van der Waals surface area contributed by atoms with E-state index in [1.807, 2.05) is 0 Å². The van der Waals surface area contributed by atoms with Gasteiger partial charge in [-0.1, -0.05) is 25.0 Å². The molecule has 0 aromatic heterocycles. The van der Waals surface area contributed by atoms with Gasteiger partial charge in [-0.25, -0.2) is 0 Å². The highest BCUT2D eigenvalue weighted by molar-refractivity contribution is 5.87. The maximum atomic E-state index is 11.7. The molecule has 0 amide bonds. The third-order valence-corrected chi connectivity index (χ3v) is 4.18. The molecule has 0 heterocycles. The van der Waals surface area contributed by atoms with E-state index in [0.29, 0.717) is 12.8 Å². The molecule has 1 saturated carbocycles. The Kier molecular flexibility index (Phi) is 4.33. The Morgan fingerprint density at radius 1 is 0.944 bits per heavy atom. The second-order valence-corrected chi connectivity index (χ2v) is 4.97. The minimum atomic E-state index is -1.26. The number of carboxylic acids is 2. The van der Waals surface area contributed by atoms with Crippen LogP contribution < -0.4 is 0 Å². The minimum Gasteiger partial charge on any atom is -0.481 e. The fourth-order valence-electron chi connectivity index (χ4n) is 3.22. The molecule has 0 spiro atoms. The van der Waals surface area contributed by atoms with E-state index in [2.05, 4.69) is 13.2 Å². The largest absolute Gasteiger partial charge is 0.481 e. The van der Waals surface area contributed by atoms with Gasteiger partial charge in [-0.15, -0.1) is 13.2 Å². The van der Waals surface area contributed by atoms with Gasteiger partial charge in [0, 0.05) is 0 Å². The van der Waals surface area contributed by atoms with Crippen molar-refractivity contribution < 1.29 is 19.8 Å². The Bertz CT molecular complexity index is 338. The Morgan fingerprint density at radius 2 is 1.28 bits per heavy atom. The van der Waals surface area contributed by atoms with E-state index in [9.17, 15) is 19.8 Å². The van der Waals surface area contributed by atoms with Crippen molar-refractivity contribution >= 4 is 11.9 Å². The third-order valence-electron chi connectivity index (χ3n) is 4.18. The maximum absolute atomic E-state index is 11.7. The standard InChI is InChI=1S/C14H20O4/c1-3-7-13(11(15)16)9-5-6-10-14(13,8-4-2)12(17)18/h3-4H,1-2,5-10H2,(H,15,16)(H,17,18)/t13-,14-/m0/s1. The lowest BCUT2D eigenvalue weighted by Crippen LogP contribution is -2.54. The van der Waals surface area contributed by atoms with Crippen molar-refractivity contribution in [2.75, 3.05) is 0 Å². The summed E-state index contributed by atoms with van der Waals surface area (Å²) in [4.78, 5) is 23.4. The molecule has 1 rings (SSSR count). The predicted octanol–water partition coefficient (Wildman–Crippen LogP) is 2.85. The van der Waals surface area contributed by atoms with Gasteiger partial charge in [-0.05, 0) is 25.7 Å². The van der Waals surface area contributed by atoms with Crippen molar-refractivity contribution in [3.05, 3.63) is 25.3 Å². The molecule has 0 aliphatic heterocycles. The van der Waals surface area contributed by atoms with Crippen molar-refractivity contribution in [3.63, 3.8) is 0 Å². The summed E-state index contributed by atoms with van der Waals surface area (Å²) >= 11 is 0. The summed E-state index contributed by atoms with van der Waals surface area (Å²) in [6.45, 7) is 7.17. The first-order valence-corrected chi connectivity index (χ1v) is 6.15. The second-order valence-electron chi connectivity index (χ2n) is 4.97. The van der Waals surface area contributed by atoms with Gasteiger partial charge < -0.3 is 10.2 Å². The van der Waals surface area contributed by atoms with E-state index >= 15 is 0 Å². The molecule has 1 aliphatic rings. The van der Waals surface area contributed by atoms with Crippen molar-refractivity contribution in [2.24, 2.45) is 10.8 Å². The highest BCUT2D eigenvalue weighted by Gasteiger charge is 2.60. The Balaban J connectivity index is 3.38. The van der Waals surface area contributed by atoms with Crippen LogP contribution in [0.4, 0.5) is 0 Å². The Labute approximate surface area is 107 Å². The van der Waals surface area contributed by atoms with Gasteiger partial charge >= 0.3 is 11.9 Å². The number of carboxylic acid groups (broad SMARTS) is 2. The van der Waals surface area contributed by atoms with Crippen LogP contribution in [-0.4, -0.2) is 22.2 Å². The number of hydrogen-bond acceptors (Lipinski definition) is 2. The van der Waals surface area contributed by atoms with Crippen molar-refractivity contribution in [1.82, 2.24) is 0 Å². The zero-order valence-electron chi connectivity index (χ0n) is 10.5. The molecule has 0 aromatic rings. The van der Waals surface area contributed by atoms with Crippen LogP contribution in [0, 0.1) is 10.8 Å². The normalized spacial score (nSPS) is 31.6. The summed E-state index contributed by atoms with van der Waals surface area (Å²) in [5.41, 5.74) is -2.51. The zero-order chi connectivity index (χ0) is 13.8. The number of rotatable bonds is 6. The van der Waals surface area contributed by atoms with Crippen LogP contribution in [0.1, 0.15) is 38.5 Å². The Morgan fingerprint density at radius 3 is 1.50 bits per heavy atom.